The van der Waals surface area contributed by atoms with Crippen molar-refractivity contribution in [1.29, 1.82) is 0 Å². The number of benzene rings is 2. The van der Waals surface area contributed by atoms with Crippen LogP contribution in [-0.4, -0.2) is 60.5 Å². The Morgan fingerprint density at radius 2 is 1.80 bits per heavy atom. The molecule has 0 aromatic heterocycles. The molecular formula is C30H40N2O3. The van der Waals surface area contributed by atoms with Crippen LogP contribution >= 0.6 is 0 Å². The van der Waals surface area contributed by atoms with Gasteiger partial charge in [0.15, 0.2) is 11.5 Å². The lowest BCUT2D eigenvalue weighted by Crippen LogP contribution is -2.56. The summed E-state index contributed by atoms with van der Waals surface area (Å²) in [4.78, 5) is 5.26. The standard InChI is InChI=1S/C30H40N2O3/c1-20(33)26-18-32-13-12-22-8-9-23(24-10-11-29-30(15-24)35-19-34-29)14-25(22)28(32)16-27(26)31(2)17-21-6-4-3-5-7-21/h8-11,14-15,20-21,26-28,33H,3-7,12-13,16-19H2,1-2H3/t20-,26-,27-,28-/m0/s1. The zero-order chi connectivity index (χ0) is 23.9. The fraction of sp³-hybridized carbons (Fsp3) is 0.600. The largest absolute Gasteiger partial charge is 0.454 e. The van der Waals surface area contributed by atoms with Crippen molar-refractivity contribution in [3.05, 3.63) is 47.5 Å². The molecule has 3 aliphatic heterocycles. The summed E-state index contributed by atoms with van der Waals surface area (Å²) in [6, 6.07) is 14.1. The number of aliphatic hydroxyl groups excluding tert-OH is 1. The van der Waals surface area contributed by atoms with Gasteiger partial charge in [0.2, 0.25) is 6.79 Å². The molecule has 1 saturated carbocycles. The van der Waals surface area contributed by atoms with Gasteiger partial charge in [-0.2, -0.15) is 0 Å². The average Bonchev–Trinajstić information content (AvgIpc) is 3.36. The Bertz CT molecular complexity index is 1050. The predicted octanol–water partition coefficient (Wildman–Crippen LogP) is 5.26. The summed E-state index contributed by atoms with van der Waals surface area (Å²) in [5, 5.41) is 10.8. The van der Waals surface area contributed by atoms with Gasteiger partial charge in [0, 0.05) is 37.6 Å². The molecule has 1 N–H and O–H groups in total. The number of fused-ring (bicyclic) bond motifs is 4. The predicted molar refractivity (Wildman–Crippen MR) is 139 cm³/mol. The van der Waals surface area contributed by atoms with Crippen LogP contribution in [0.4, 0.5) is 0 Å². The molecular weight excluding hydrogens is 436 g/mol. The van der Waals surface area contributed by atoms with Crippen LogP contribution < -0.4 is 9.47 Å². The zero-order valence-corrected chi connectivity index (χ0v) is 21.3. The fourth-order valence-electron chi connectivity index (χ4n) is 7.19. The Morgan fingerprint density at radius 1 is 1.03 bits per heavy atom. The lowest BCUT2D eigenvalue weighted by Gasteiger charge is -2.51. The highest BCUT2D eigenvalue weighted by atomic mass is 16.7. The van der Waals surface area contributed by atoms with Crippen molar-refractivity contribution in [2.24, 2.45) is 11.8 Å². The van der Waals surface area contributed by atoms with Crippen molar-refractivity contribution in [1.82, 2.24) is 9.80 Å². The maximum absolute atomic E-state index is 10.8. The van der Waals surface area contributed by atoms with Gasteiger partial charge in [-0.1, -0.05) is 37.5 Å². The van der Waals surface area contributed by atoms with E-state index in [1.54, 1.807) is 0 Å². The third-order valence-corrected chi connectivity index (χ3v) is 9.18. The quantitative estimate of drug-likeness (QED) is 0.638. The molecule has 0 spiro atoms. The molecule has 2 aromatic rings. The maximum atomic E-state index is 10.8. The van der Waals surface area contributed by atoms with E-state index in [-0.39, 0.29) is 6.10 Å². The van der Waals surface area contributed by atoms with Gasteiger partial charge >= 0.3 is 0 Å². The normalized spacial score (nSPS) is 27.5. The first kappa shape index (κ1) is 23.3. The molecule has 0 radical (unpaired) electrons. The Hall–Kier alpha value is -2.08. The minimum atomic E-state index is -0.281. The molecule has 2 fully saturated rings. The van der Waals surface area contributed by atoms with Crippen LogP contribution in [0.1, 0.15) is 62.6 Å². The van der Waals surface area contributed by atoms with Crippen molar-refractivity contribution >= 4 is 0 Å². The van der Waals surface area contributed by atoms with Crippen LogP contribution in [0, 0.1) is 11.8 Å². The minimum absolute atomic E-state index is 0.281. The van der Waals surface area contributed by atoms with Crippen molar-refractivity contribution < 1.29 is 14.6 Å². The Kier molecular flexibility index (Phi) is 6.50. The number of aliphatic hydroxyl groups is 1. The average molecular weight is 477 g/mol. The molecule has 188 valence electrons. The Balaban J connectivity index is 1.27. The van der Waals surface area contributed by atoms with Crippen molar-refractivity contribution in [2.45, 2.75) is 70.1 Å². The maximum Gasteiger partial charge on any atom is 0.231 e. The summed E-state index contributed by atoms with van der Waals surface area (Å²) < 4.78 is 11.2. The van der Waals surface area contributed by atoms with Gasteiger partial charge in [-0.05, 0) is 86.0 Å². The van der Waals surface area contributed by atoms with Gasteiger partial charge in [-0.3, -0.25) is 4.90 Å². The summed E-state index contributed by atoms with van der Waals surface area (Å²) in [5.41, 5.74) is 5.39. The molecule has 0 unspecified atom stereocenters. The lowest BCUT2D eigenvalue weighted by molar-refractivity contribution is -0.0330. The number of nitrogens with zero attached hydrogens (tertiary/aromatic N) is 2. The van der Waals surface area contributed by atoms with E-state index >= 15 is 0 Å². The van der Waals surface area contributed by atoms with E-state index < -0.39 is 0 Å². The monoisotopic (exact) mass is 476 g/mol. The summed E-state index contributed by atoms with van der Waals surface area (Å²) in [6.45, 7) is 5.55. The molecule has 4 aliphatic rings. The Labute approximate surface area is 210 Å². The third-order valence-electron chi connectivity index (χ3n) is 9.18. The minimum Gasteiger partial charge on any atom is -0.454 e. The van der Waals surface area contributed by atoms with Gasteiger partial charge in [0.1, 0.15) is 0 Å². The number of piperidine rings is 1. The first-order valence-electron chi connectivity index (χ1n) is 13.7. The highest BCUT2D eigenvalue weighted by Crippen LogP contribution is 2.43. The highest BCUT2D eigenvalue weighted by molar-refractivity contribution is 5.69. The first-order chi connectivity index (χ1) is 17.1. The molecule has 5 nitrogen and oxygen atoms in total. The second kappa shape index (κ2) is 9.76. The van der Waals surface area contributed by atoms with E-state index in [0.29, 0.717) is 24.8 Å². The second-order valence-corrected chi connectivity index (χ2v) is 11.4. The van der Waals surface area contributed by atoms with E-state index in [1.165, 1.54) is 60.9 Å². The van der Waals surface area contributed by atoms with Crippen LogP contribution in [-0.2, 0) is 6.42 Å². The van der Waals surface area contributed by atoms with Crippen LogP contribution in [0.3, 0.4) is 0 Å². The molecule has 1 aliphatic carbocycles. The van der Waals surface area contributed by atoms with Crippen molar-refractivity contribution in [2.75, 3.05) is 33.5 Å². The molecule has 35 heavy (non-hydrogen) atoms. The number of hydrogen-bond donors (Lipinski definition) is 1. The van der Waals surface area contributed by atoms with E-state index in [0.717, 1.165) is 43.3 Å². The molecule has 0 amide bonds. The van der Waals surface area contributed by atoms with Gasteiger partial charge < -0.3 is 19.5 Å². The van der Waals surface area contributed by atoms with Crippen LogP contribution in [0.25, 0.3) is 11.1 Å². The molecule has 4 atom stereocenters. The Morgan fingerprint density at radius 3 is 2.63 bits per heavy atom. The van der Waals surface area contributed by atoms with Gasteiger partial charge in [0.25, 0.3) is 0 Å². The zero-order valence-electron chi connectivity index (χ0n) is 21.3. The lowest BCUT2D eigenvalue weighted by atomic mass is 9.77. The molecule has 3 heterocycles. The third kappa shape index (κ3) is 4.59. The van der Waals surface area contributed by atoms with E-state index in [4.69, 9.17) is 9.47 Å². The summed E-state index contributed by atoms with van der Waals surface area (Å²) in [5.74, 6) is 2.79. The smallest absolute Gasteiger partial charge is 0.231 e. The number of hydrogen-bond acceptors (Lipinski definition) is 5. The fourth-order valence-corrected chi connectivity index (χ4v) is 7.19. The first-order valence-corrected chi connectivity index (χ1v) is 13.7. The summed E-state index contributed by atoms with van der Waals surface area (Å²) in [7, 11) is 2.32. The highest BCUT2D eigenvalue weighted by Gasteiger charge is 2.42. The van der Waals surface area contributed by atoms with Gasteiger partial charge in [-0.15, -0.1) is 0 Å². The summed E-state index contributed by atoms with van der Waals surface area (Å²) >= 11 is 0. The van der Waals surface area contributed by atoms with Crippen molar-refractivity contribution in [3.63, 3.8) is 0 Å². The van der Waals surface area contributed by atoms with E-state index in [1.807, 2.05) is 13.0 Å². The number of rotatable bonds is 5. The van der Waals surface area contributed by atoms with Gasteiger partial charge in [-0.25, -0.2) is 0 Å². The van der Waals surface area contributed by atoms with Crippen LogP contribution in [0.15, 0.2) is 36.4 Å². The SMILES string of the molecule is C[C@H](O)[C@@H]1CN2CCc3ccc(-c4ccc5c(c4)OCO5)cc3[C@@H]2C[C@@H]1N(C)CC1CCCCC1. The number of ether oxygens (including phenoxy) is 2. The van der Waals surface area contributed by atoms with Crippen molar-refractivity contribution in [3.8, 4) is 22.6 Å². The molecule has 2 aromatic carbocycles. The molecule has 1 saturated heterocycles. The van der Waals surface area contributed by atoms with Crippen LogP contribution in [0.2, 0.25) is 0 Å². The molecule has 0 bridgehead atoms. The van der Waals surface area contributed by atoms with E-state index in [2.05, 4.69) is 47.2 Å². The summed E-state index contributed by atoms with van der Waals surface area (Å²) in [6.07, 6.45) is 8.81. The van der Waals surface area contributed by atoms with Gasteiger partial charge in [0.05, 0.1) is 6.10 Å². The van der Waals surface area contributed by atoms with E-state index in [9.17, 15) is 5.11 Å². The molecule has 6 rings (SSSR count). The molecule has 5 heteroatoms. The topological polar surface area (TPSA) is 45.2 Å². The second-order valence-electron chi connectivity index (χ2n) is 11.4. The van der Waals surface area contributed by atoms with Crippen LogP contribution in [0.5, 0.6) is 11.5 Å².